The first-order valence-corrected chi connectivity index (χ1v) is 19.0. The molecule has 0 spiro atoms. The second kappa shape index (κ2) is 15.1. The summed E-state index contributed by atoms with van der Waals surface area (Å²) in [5.41, 5.74) is -0.270. The summed E-state index contributed by atoms with van der Waals surface area (Å²) in [5.74, 6) is -2.30. The number of aliphatic carboxylic acids is 1. The number of hydrogen-bond acceptors (Lipinski definition) is 11. The summed E-state index contributed by atoms with van der Waals surface area (Å²) >= 11 is 1.47. The molecule has 1 saturated carbocycles. The average Bonchev–Trinajstić information content (AvgIpc) is 3.34. The van der Waals surface area contributed by atoms with Gasteiger partial charge in [-0.1, -0.05) is 26.8 Å². The SMILES string of the molecule is C=C[C@H]1CC1(NC(=O)[C@@H]1C[C@@H](Oc2cc(-c3csc(NC(C)C)n3)nc3cc(N(C)C)ccc23)CN1C(=O)[C@@H](NC(=O)OC(C)(C)C)C(C)(C)C)C(=O)O. The van der Waals surface area contributed by atoms with Crippen molar-refractivity contribution in [3.63, 3.8) is 0 Å². The lowest BCUT2D eigenvalue weighted by molar-refractivity contribution is -0.146. The summed E-state index contributed by atoms with van der Waals surface area (Å²) in [5, 5.41) is 22.3. The molecule has 1 unspecified atom stereocenters. The maximum Gasteiger partial charge on any atom is 0.408 e. The molecule has 5 rings (SSSR count). The summed E-state index contributed by atoms with van der Waals surface area (Å²) < 4.78 is 12.2. The zero-order valence-corrected chi connectivity index (χ0v) is 33.6. The molecule has 2 aliphatic rings. The number of amides is 3. The van der Waals surface area contributed by atoms with Gasteiger partial charge in [0.25, 0.3) is 0 Å². The molecule has 1 saturated heterocycles. The Kier molecular flexibility index (Phi) is 11.2. The molecule has 3 aromatic rings. The van der Waals surface area contributed by atoms with Crippen LogP contribution in [0.15, 0.2) is 42.3 Å². The molecule has 0 bridgehead atoms. The number of nitrogens with one attached hydrogen (secondary N) is 3. The number of aromatic nitrogens is 2. The van der Waals surface area contributed by atoms with Crippen molar-refractivity contribution in [3.05, 3.63) is 42.3 Å². The number of anilines is 2. The van der Waals surface area contributed by atoms with Crippen LogP contribution in [0.3, 0.4) is 0 Å². The number of pyridine rings is 1. The number of ether oxygens (including phenoxy) is 2. The maximum atomic E-state index is 14.5. The van der Waals surface area contributed by atoms with Crippen LogP contribution in [0.5, 0.6) is 5.75 Å². The molecule has 1 aliphatic carbocycles. The molecule has 2 aromatic heterocycles. The van der Waals surface area contributed by atoms with Crippen molar-refractivity contribution in [2.75, 3.05) is 30.9 Å². The number of likely N-dealkylation sites (tertiary alicyclic amines) is 1. The van der Waals surface area contributed by atoms with Crippen LogP contribution in [0.4, 0.5) is 15.6 Å². The largest absolute Gasteiger partial charge is 0.488 e. The van der Waals surface area contributed by atoms with Crippen molar-refractivity contribution in [2.45, 2.75) is 104 Å². The number of rotatable bonds is 12. The Morgan fingerprint density at radius 2 is 1.80 bits per heavy atom. The smallest absolute Gasteiger partial charge is 0.408 e. The van der Waals surface area contributed by atoms with E-state index in [0.717, 1.165) is 16.2 Å². The number of carboxylic acid groups (broad SMARTS) is 1. The predicted molar refractivity (Wildman–Crippen MR) is 210 cm³/mol. The monoisotopic (exact) mass is 763 g/mol. The number of carboxylic acids is 1. The Morgan fingerprint density at radius 3 is 2.37 bits per heavy atom. The van der Waals surface area contributed by atoms with E-state index in [2.05, 4.69) is 22.5 Å². The van der Waals surface area contributed by atoms with E-state index in [1.54, 1.807) is 41.5 Å². The molecule has 3 amide bonds. The summed E-state index contributed by atoms with van der Waals surface area (Å²) in [7, 11) is 3.88. The van der Waals surface area contributed by atoms with Crippen molar-refractivity contribution >= 4 is 56.9 Å². The predicted octanol–water partition coefficient (Wildman–Crippen LogP) is 5.68. The minimum Gasteiger partial charge on any atom is -0.488 e. The fourth-order valence-electron chi connectivity index (χ4n) is 6.51. The van der Waals surface area contributed by atoms with Crippen LogP contribution in [0.2, 0.25) is 0 Å². The molecular weight excluding hydrogens is 711 g/mol. The highest BCUT2D eigenvalue weighted by Crippen LogP contribution is 2.45. The van der Waals surface area contributed by atoms with E-state index >= 15 is 0 Å². The zero-order valence-electron chi connectivity index (χ0n) is 32.8. The molecule has 54 heavy (non-hydrogen) atoms. The highest BCUT2D eigenvalue weighted by atomic mass is 32.1. The van der Waals surface area contributed by atoms with Crippen molar-refractivity contribution < 1.29 is 33.8 Å². The van der Waals surface area contributed by atoms with Gasteiger partial charge in [-0.3, -0.25) is 9.59 Å². The normalized spacial score (nSPS) is 21.7. The molecule has 0 radical (unpaired) electrons. The molecular formula is C39H53N7O7S. The number of carbonyl (C=O) groups is 4. The van der Waals surface area contributed by atoms with Gasteiger partial charge in [0.1, 0.15) is 40.8 Å². The highest BCUT2D eigenvalue weighted by Gasteiger charge is 2.61. The van der Waals surface area contributed by atoms with Crippen LogP contribution < -0.4 is 25.6 Å². The Morgan fingerprint density at radius 1 is 1.09 bits per heavy atom. The Labute approximate surface area is 320 Å². The Bertz CT molecular complexity index is 1930. The van der Waals surface area contributed by atoms with Crippen molar-refractivity contribution in [3.8, 4) is 17.1 Å². The number of benzene rings is 1. The topological polar surface area (TPSA) is 175 Å². The van der Waals surface area contributed by atoms with Crippen molar-refractivity contribution in [2.24, 2.45) is 11.3 Å². The average molecular weight is 764 g/mol. The lowest BCUT2D eigenvalue weighted by Gasteiger charge is -2.35. The van der Waals surface area contributed by atoms with E-state index in [4.69, 9.17) is 19.4 Å². The third-order valence-electron chi connectivity index (χ3n) is 9.39. The van der Waals surface area contributed by atoms with Gasteiger partial charge in [0.2, 0.25) is 11.8 Å². The quantitative estimate of drug-likeness (QED) is 0.167. The van der Waals surface area contributed by atoms with Crippen LogP contribution in [-0.4, -0.2) is 99.9 Å². The summed E-state index contributed by atoms with van der Waals surface area (Å²) in [6.07, 6.45) is 0.290. The van der Waals surface area contributed by atoms with Gasteiger partial charge in [0, 0.05) is 55.0 Å². The maximum absolute atomic E-state index is 14.5. The first-order valence-electron chi connectivity index (χ1n) is 18.1. The molecule has 3 heterocycles. The molecule has 14 nitrogen and oxygen atoms in total. The minimum atomic E-state index is -1.51. The van der Waals surface area contributed by atoms with Crippen molar-refractivity contribution in [1.82, 2.24) is 25.5 Å². The third kappa shape index (κ3) is 8.88. The van der Waals surface area contributed by atoms with Gasteiger partial charge in [-0.15, -0.1) is 17.9 Å². The van der Waals surface area contributed by atoms with E-state index < -0.39 is 64.5 Å². The standard InChI is InChI=1S/C39H53N7O7S/c1-12-22-18-39(22,34(49)50)44-32(47)29-16-24(19-46(29)33(48)31(37(4,5)6)43-36(51)53-38(7,8)9)52-30-17-27(28-20-54-35(42-28)40-21(2)3)41-26-15-23(45(10)11)13-14-25(26)30/h12-15,17,20-22,24,29,31H,1,16,18-19H2,2-11H3,(H,40,42)(H,43,51)(H,44,47)(H,49,50)/t22-,24+,29-,31+,39?/m0/s1. The first kappa shape index (κ1) is 40.3. The van der Waals surface area contributed by atoms with Gasteiger partial charge in [-0.05, 0) is 64.7 Å². The van der Waals surface area contributed by atoms with Crippen LogP contribution >= 0.6 is 11.3 Å². The third-order valence-corrected chi connectivity index (χ3v) is 10.2. The Hall–Kier alpha value is -4.92. The van der Waals surface area contributed by atoms with Gasteiger partial charge < -0.3 is 40.3 Å². The molecule has 1 aliphatic heterocycles. The van der Waals surface area contributed by atoms with Gasteiger partial charge in [0.15, 0.2) is 5.13 Å². The number of thiazole rings is 1. The Balaban J connectivity index is 1.52. The number of alkyl carbamates (subject to hydrolysis) is 1. The highest BCUT2D eigenvalue weighted by molar-refractivity contribution is 7.14. The van der Waals surface area contributed by atoms with Crippen LogP contribution in [-0.2, 0) is 19.1 Å². The van der Waals surface area contributed by atoms with Crippen molar-refractivity contribution in [1.29, 1.82) is 0 Å². The first-order chi connectivity index (χ1) is 25.1. The lowest BCUT2D eigenvalue weighted by Crippen LogP contribution is -2.59. The van der Waals surface area contributed by atoms with Gasteiger partial charge in [0.05, 0.1) is 17.8 Å². The van der Waals surface area contributed by atoms with Crippen LogP contribution in [0.1, 0.15) is 68.2 Å². The van der Waals surface area contributed by atoms with Crippen LogP contribution in [0.25, 0.3) is 22.3 Å². The minimum absolute atomic E-state index is 0.0153. The summed E-state index contributed by atoms with van der Waals surface area (Å²) in [6.45, 7) is 18.4. The fraction of sp³-hybridized carbons (Fsp3) is 0.538. The van der Waals surface area contributed by atoms with Gasteiger partial charge >= 0.3 is 12.1 Å². The van der Waals surface area contributed by atoms with Gasteiger partial charge in [-0.25, -0.2) is 19.6 Å². The molecule has 4 N–H and O–H groups in total. The molecule has 1 aromatic carbocycles. The fourth-order valence-corrected chi connectivity index (χ4v) is 7.36. The summed E-state index contributed by atoms with van der Waals surface area (Å²) in [4.78, 5) is 67.0. The second-order valence-electron chi connectivity index (χ2n) is 16.7. The summed E-state index contributed by atoms with van der Waals surface area (Å²) in [6, 6.07) is 5.64. The lowest BCUT2D eigenvalue weighted by atomic mass is 9.85. The molecule has 5 atom stereocenters. The number of hydrogen-bond donors (Lipinski definition) is 4. The van der Waals surface area contributed by atoms with Gasteiger partial charge in [-0.2, -0.15) is 0 Å². The van der Waals surface area contributed by atoms with E-state index in [-0.39, 0.29) is 25.4 Å². The zero-order chi connectivity index (χ0) is 39.9. The van der Waals surface area contributed by atoms with Crippen LogP contribution in [0, 0.1) is 11.3 Å². The van der Waals surface area contributed by atoms with E-state index in [9.17, 15) is 24.3 Å². The number of fused-ring (bicyclic) bond motifs is 1. The molecule has 15 heteroatoms. The number of carbonyl (C=O) groups excluding carboxylic acids is 3. The molecule has 292 valence electrons. The van der Waals surface area contributed by atoms with E-state index in [0.29, 0.717) is 22.7 Å². The van der Waals surface area contributed by atoms with E-state index in [1.807, 2.05) is 62.5 Å². The van der Waals surface area contributed by atoms with E-state index in [1.165, 1.54) is 22.3 Å². The molecule has 2 fully saturated rings. The number of nitrogens with zero attached hydrogens (tertiary/aromatic N) is 4. The second-order valence-corrected chi connectivity index (χ2v) is 17.5.